The van der Waals surface area contributed by atoms with Gasteiger partial charge in [-0.15, -0.1) is 11.3 Å². The summed E-state index contributed by atoms with van der Waals surface area (Å²) in [5.74, 6) is 0.217. The number of carbonyl (C=O) groups excluding carboxylic acids is 1. The average Bonchev–Trinajstić information content (AvgIpc) is 3.25. The van der Waals surface area contributed by atoms with Gasteiger partial charge in [-0.2, -0.15) is 5.10 Å². The highest BCUT2D eigenvalue weighted by Crippen LogP contribution is 2.30. The quantitative estimate of drug-likeness (QED) is 0.784. The van der Waals surface area contributed by atoms with Crippen molar-refractivity contribution < 1.29 is 9.21 Å². The zero-order chi connectivity index (χ0) is 16.5. The number of anilines is 1. The number of aryl methyl sites for hydroxylation is 2. The fourth-order valence-corrected chi connectivity index (χ4v) is 3.72. The number of rotatable bonds is 4. The van der Waals surface area contributed by atoms with E-state index in [1.807, 2.05) is 0 Å². The van der Waals surface area contributed by atoms with Gasteiger partial charge in [0.2, 0.25) is 5.91 Å². The molecular formula is C16H14N4O3S. The molecule has 1 aliphatic rings. The van der Waals surface area contributed by atoms with Gasteiger partial charge in [0.15, 0.2) is 10.9 Å². The van der Waals surface area contributed by atoms with Crippen LogP contribution in [0.2, 0.25) is 0 Å². The second-order valence-corrected chi connectivity index (χ2v) is 6.57. The number of nitrogens with zero attached hydrogens (tertiary/aromatic N) is 3. The van der Waals surface area contributed by atoms with E-state index in [4.69, 9.17) is 4.42 Å². The number of furan rings is 1. The lowest BCUT2D eigenvalue weighted by Crippen LogP contribution is -2.29. The van der Waals surface area contributed by atoms with Crippen LogP contribution < -0.4 is 10.9 Å². The molecule has 1 amide bonds. The van der Waals surface area contributed by atoms with Gasteiger partial charge < -0.3 is 9.73 Å². The summed E-state index contributed by atoms with van der Waals surface area (Å²) < 4.78 is 6.38. The Kier molecular flexibility index (Phi) is 3.73. The van der Waals surface area contributed by atoms with Crippen LogP contribution in [-0.2, 0) is 24.2 Å². The summed E-state index contributed by atoms with van der Waals surface area (Å²) in [6.07, 6.45) is 4.64. The van der Waals surface area contributed by atoms with Crippen molar-refractivity contribution in [2.45, 2.75) is 25.8 Å². The molecule has 4 rings (SSSR count). The molecule has 0 saturated heterocycles. The second-order valence-electron chi connectivity index (χ2n) is 5.48. The monoisotopic (exact) mass is 342 g/mol. The summed E-state index contributed by atoms with van der Waals surface area (Å²) in [6, 6.07) is 6.42. The molecule has 0 aliphatic heterocycles. The highest BCUT2D eigenvalue weighted by Gasteiger charge is 2.18. The van der Waals surface area contributed by atoms with Gasteiger partial charge in [0.05, 0.1) is 12.0 Å². The topological polar surface area (TPSA) is 90.0 Å². The Morgan fingerprint density at radius 1 is 1.33 bits per heavy atom. The Morgan fingerprint density at radius 3 is 3.04 bits per heavy atom. The van der Waals surface area contributed by atoms with E-state index in [1.165, 1.54) is 28.5 Å². The molecule has 1 aliphatic carbocycles. The Balaban J connectivity index is 1.50. The molecule has 0 saturated carbocycles. The van der Waals surface area contributed by atoms with Crippen molar-refractivity contribution in [1.29, 1.82) is 0 Å². The number of carbonyl (C=O) groups is 1. The lowest BCUT2D eigenvalue weighted by molar-refractivity contribution is -0.117. The maximum Gasteiger partial charge on any atom is 0.267 e. The van der Waals surface area contributed by atoms with Crippen LogP contribution in [0.1, 0.15) is 17.0 Å². The molecule has 0 aromatic carbocycles. The number of fused-ring (bicyclic) bond motifs is 1. The van der Waals surface area contributed by atoms with E-state index in [2.05, 4.69) is 15.4 Å². The zero-order valence-corrected chi connectivity index (χ0v) is 13.5. The minimum Gasteiger partial charge on any atom is -0.463 e. The van der Waals surface area contributed by atoms with Gasteiger partial charge in [0.25, 0.3) is 5.56 Å². The Morgan fingerprint density at radius 2 is 2.25 bits per heavy atom. The predicted octanol–water partition coefficient (Wildman–Crippen LogP) is 2.09. The molecule has 3 aromatic rings. The zero-order valence-electron chi connectivity index (χ0n) is 12.7. The van der Waals surface area contributed by atoms with E-state index in [1.54, 1.807) is 18.2 Å². The van der Waals surface area contributed by atoms with Crippen molar-refractivity contribution >= 4 is 22.4 Å². The summed E-state index contributed by atoms with van der Waals surface area (Å²) >= 11 is 1.50. The third kappa shape index (κ3) is 2.88. The molecule has 7 nitrogen and oxygen atoms in total. The fourth-order valence-electron chi connectivity index (χ4n) is 2.66. The second kappa shape index (κ2) is 6.04. The first-order valence-corrected chi connectivity index (χ1v) is 8.41. The SMILES string of the molecule is O=C(Cn1nc(-c2ccco2)ccc1=O)Nc1nc2c(s1)CCC2. The summed E-state index contributed by atoms with van der Waals surface area (Å²) in [7, 11) is 0. The first kappa shape index (κ1) is 14.8. The Labute approximate surface area is 141 Å². The molecule has 24 heavy (non-hydrogen) atoms. The van der Waals surface area contributed by atoms with Gasteiger partial charge in [0.1, 0.15) is 12.2 Å². The normalized spacial score (nSPS) is 13.0. The van der Waals surface area contributed by atoms with E-state index in [-0.39, 0.29) is 18.0 Å². The molecule has 122 valence electrons. The first-order valence-electron chi connectivity index (χ1n) is 7.59. The van der Waals surface area contributed by atoms with Crippen molar-refractivity contribution in [3.8, 4) is 11.5 Å². The standard InChI is InChI=1S/C16H14N4O3S/c21-14(18-16-17-11-3-1-5-13(11)24-16)9-20-15(22)7-6-10(19-20)12-4-2-8-23-12/h2,4,6-8H,1,3,5,9H2,(H,17,18,21). The van der Waals surface area contributed by atoms with E-state index >= 15 is 0 Å². The smallest absolute Gasteiger partial charge is 0.267 e. The molecule has 0 spiro atoms. The largest absolute Gasteiger partial charge is 0.463 e. The van der Waals surface area contributed by atoms with Crippen LogP contribution in [0, 0.1) is 0 Å². The summed E-state index contributed by atoms with van der Waals surface area (Å²) in [4.78, 5) is 29.8. The van der Waals surface area contributed by atoms with Crippen molar-refractivity contribution in [3.63, 3.8) is 0 Å². The maximum atomic E-state index is 12.2. The Hall–Kier alpha value is -2.74. The lowest BCUT2D eigenvalue weighted by Gasteiger charge is -2.05. The van der Waals surface area contributed by atoms with Crippen LogP contribution in [-0.4, -0.2) is 20.7 Å². The third-order valence-electron chi connectivity index (χ3n) is 3.78. The molecule has 0 radical (unpaired) electrons. The minimum atomic E-state index is -0.345. The van der Waals surface area contributed by atoms with Gasteiger partial charge in [-0.3, -0.25) is 9.59 Å². The van der Waals surface area contributed by atoms with Crippen LogP contribution in [0.4, 0.5) is 5.13 Å². The summed E-state index contributed by atoms with van der Waals surface area (Å²) in [6.45, 7) is -0.169. The van der Waals surface area contributed by atoms with Gasteiger partial charge >= 0.3 is 0 Å². The van der Waals surface area contributed by atoms with Crippen molar-refractivity contribution in [1.82, 2.24) is 14.8 Å². The first-order chi connectivity index (χ1) is 11.7. The van der Waals surface area contributed by atoms with Gasteiger partial charge in [-0.1, -0.05) is 0 Å². The van der Waals surface area contributed by atoms with Crippen LogP contribution in [0.3, 0.4) is 0 Å². The molecule has 3 aromatic heterocycles. The van der Waals surface area contributed by atoms with E-state index in [9.17, 15) is 9.59 Å². The van der Waals surface area contributed by atoms with Gasteiger partial charge in [-0.05, 0) is 37.5 Å². The third-order valence-corrected chi connectivity index (χ3v) is 4.85. The number of thiazole rings is 1. The summed E-state index contributed by atoms with van der Waals surface area (Å²) in [5.41, 5.74) is 1.23. The molecule has 3 heterocycles. The molecule has 8 heteroatoms. The van der Waals surface area contributed by atoms with Crippen molar-refractivity contribution in [3.05, 3.63) is 51.5 Å². The molecular weight excluding hydrogens is 328 g/mol. The van der Waals surface area contributed by atoms with Crippen molar-refractivity contribution in [2.24, 2.45) is 0 Å². The van der Waals surface area contributed by atoms with Gasteiger partial charge in [-0.25, -0.2) is 9.67 Å². The highest BCUT2D eigenvalue weighted by molar-refractivity contribution is 7.15. The Bertz CT molecular complexity index is 921. The molecule has 0 bridgehead atoms. The number of aromatic nitrogens is 3. The number of nitrogens with one attached hydrogen (secondary N) is 1. The average molecular weight is 342 g/mol. The van der Waals surface area contributed by atoms with E-state index < -0.39 is 0 Å². The predicted molar refractivity (Wildman–Crippen MR) is 89.0 cm³/mol. The lowest BCUT2D eigenvalue weighted by atomic mass is 10.3. The molecule has 0 fully saturated rings. The molecule has 0 atom stereocenters. The molecule has 0 unspecified atom stereocenters. The minimum absolute atomic E-state index is 0.169. The van der Waals surface area contributed by atoms with Gasteiger partial charge in [0, 0.05) is 10.9 Å². The van der Waals surface area contributed by atoms with Crippen LogP contribution in [0.25, 0.3) is 11.5 Å². The highest BCUT2D eigenvalue weighted by atomic mass is 32.1. The molecule has 1 N–H and O–H groups in total. The van der Waals surface area contributed by atoms with E-state index in [0.29, 0.717) is 16.6 Å². The summed E-state index contributed by atoms with van der Waals surface area (Å²) in [5, 5.41) is 7.51. The van der Waals surface area contributed by atoms with Crippen LogP contribution in [0.5, 0.6) is 0 Å². The number of hydrogen-bond acceptors (Lipinski definition) is 6. The van der Waals surface area contributed by atoms with Crippen LogP contribution in [0.15, 0.2) is 39.7 Å². The number of amides is 1. The van der Waals surface area contributed by atoms with E-state index in [0.717, 1.165) is 29.6 Å². The number of hydrogen-bond donors (Lipinski definition) is 1. The van der Waals surface area contributed by atoms with Crippen molar-refractivity contribution in [2.75, 3.05) is 5.32 Å². The maximum absolute atomic E-state index is 12.2. The fraction of sp³-hybridized carbons (Fsp3) is 0.250. The van der Waals surface area contributed by atoms with Crippen LogP contribution >= 0.6 is 11.3 Å².